The summed E-state index contributed by atoms with van der Waals surface area (Å²) in [4.78, 5) is 0. The minimum absolute atomic E-state index is 0.291. The predicted octanol–water partition coefficient (Wildman–Crippen LogP) is 9.04. The summed E-state index contributed by atoms with van der Waals surface area (Å²) in [6.45, 7) is 9.41. The monoisotopic (exact) mass is 480 g/mol. The van der Waals surface area contributed by atoms with Crippen molar-refractivity contribution in [3.05, 3.63) is 71.8 Å². The van der Waals surface area contributed by atoms with Crippen molar-refractivity contribution in [2.75, 3.05) is 0 Å². The largest absolute Gasteiger partial charge is 0.328 e. The highest BCUT2D eigenvalue weighted by atomic mass is 31.2. The molecule has 2 fully saturated rings. The molecule has 2 aliphatic rings. The quantitative estimate of drug-likeness (QED) is 0.236. The molecule has 2 aromatic rings. The minimum Gasteiger partial charge on any atom is -0.328 e. The van der Waals surface area contributed by atoms with Crippen LogP contribution in [0.2, 0.25) is 0 Å². The molecule has 0 spiro atoms. The highest BCUT2D eigenvalue weighted by Gasteiger charge is 2.53. The summed E-state index contributed by atoms with van der Waals surface area (Å²) in [6, 6.07) is 24.1. The van der Waals surface area contributed by atoms with Crippen molar-refractivity contribution in [3.63, 3.8) is 0 Å². The van der Waals surface area contributed by atoms with Gasteiger partial charge in [-0.2, -0.15) is 0 Å². The topological polar surface area (TPSA) is 15.7 Å². The van der Waals surface area contributed by atoms with E-state index in [2.05, 4.69) is 97.7 Å². The molecule has 1 unspecified atom stereocenters. The van der Waals surface area contributed by atoms with Crippen LogP contribution in [0.5, 0.6) is 0 Å². The van der Waals surface area contributed by atoms with Crippen molar-refractivity contribution in [1.82, 2.24) is 9.34 Å². The summed E-state index contributed by atoms with van der Waals surface area (Å²) in [5.74, 6) is 0. The zero-order valence-corrected chi connectivity index (χ0v) is 22.7. The Labute approximate surface area is 209 Å². The number of unbranched alkanes of at least 4 members (excludes halogenated alkanes) is 3. The standard InChI is InChI=1S/C30H45N2OP/c1-5-6-7-10-17-24(2)33-34-31(25(3)27-18-11-8-12-19-27)29-22-15-16-23-30(29)32(34)26(4)28-20-13-9-14-21-28/h8-9,11-14,18-21,24-26,29-30H,5-7,10,15-17,22-23H2,1-4H3/t24?,25-,26-,29-,30-/m0/s1. The smallest absolute Gasteiger partial charge is 0.190 e. The Hall–Kier alpha value is -1.25. The van der Waals surface area contributed by atoms with Gasteiger partial charge in [-0.1, -0.05) is 106 Å². The fourth-order valence-electron chi connectivity index (χ4n) is 5.90. The van der Waals surface area contributed by atoms with E-state index in [0.29, 0.717) is 30.3 Å². The first-order valence-corrected chi connectivity index (χ1v) is 14.9. The summed E-state index contributed by atoms with van der Waals surface area (Å²) in [6.07, 6.45) is 11.9. The van der Waals surface area contributed by atoms with Gasteiger partial charge in [-0.05, 0) is 51.2 Å². The molecule has 34 heavy (non-hydrogen) atoms. The molecule has 0 amide bonds. The Bertz CT molecular complexity index is 786. The van der Waals surface area contributed by atoms with E-state index in [1.54, 1.807) is 0 Å². The molecule has 0 radical (unpaired) electrons. The average Bonchev–Trinajstić information content (AvgIpc) is 3.20. The number of hydrogen-bond acceptors (Lipinski definition) is 3. The van der Waals surface area contributed by atoms with Gasteiger partial charge in [0.25, 0.3) is 0 Å². The van der Waals surface area contributed by atoms with E-state index < -0.39 is 8.45 Å². The van der Waals surface area contributed by atoms with Crippen molar-refractivity contribution in [2.45, 2.75) is 116 Å². The van der Waals surface area contributed by atoms with Crippen molar-refractivity contribution >= 4 is 8.45 Å². The summed E-state index contributed by atoms with van der Waals surface area (Å²) < 4.78 is 12.7. The molecular weight excluding hydrogens is 435 g/mol. The molecule has 1 heterocycles. The number of rotatable bonds is 11. The van der Waals surface area contributed by atoms with Crippen LogP contribution in [-0.2, 0) is 4.52 Å². The second-order valence-corrected chi connectivity index (χ2v) is 12.0. The third-order valence-corrected chi connectivity index (χ3v) is 10.5. The number of hydrogen-bond donors (Lipinski definition) is 0. The molecule has 4 heteroatoms. The lowest BCUT2D eigenvalue weighted by atomic mass is 9.88. The lowest BCUT2D eigenvalue weighted by Crippen LogP contribution is -2.41. The maximum atomic E-state index is 7.11. The van der Waals surface area contributed by atoms with Crippen LogP contribution in [0.25, 0.3) is 0 Å². The predicted molar refractivity (Wildman–Crippen MR) is 146 cm³/mol. The molecule has 1 aliphatic heterocycles. The highest BCUT2D eigenvalue weighted by molar-refractivity contribution is 7.47. The van der Waals surface area contributed by atoms with Crippen molar-refractivity contribution in [3.8, 4) is 0 Å². The van der Waals surface area contributed by atoms with Gasteiger partial charge >= 0.3 is 0 Å². The molecule has 1 saturated carbocycles. The summed E-state index contributed by atoms with van der Waals surface area (Å²) in [7, 11) is -0.845. The van der Waals surface area contributed by atoms with Crippen LogP contribution in [0, 0.1) is 0 Å². The molecule has 2 aromatic carbocycles. The van der Waals surface area contributed by atoms with Crippen LogP contribution < -0.4 is 0 Å². The minimum atomic E-state index is -0.845. The maximum Gasteiger partial charge on any atom is 0.190 e. The second-order valence-electron chi connectivity index (χ2n) is 10.4. The first-order chi connectivity index (χ1) is 16.6. The molecular formula is C30H45N2OP. The zero-order valence-electron chi connectivity index (χ0n) is 21.8. The second kappa shape index (κ2) is 12.6. The fraction of sp³-hybridized carbons (Fsp3) is 0.600. The Morgan fingerprint density at radius 1 is 0.765 bits per heavy atom. The lowest BCUT2D eigenvalue weighted by Gasteiger charge is -2.38. The van der Waals surface area contributed by atoms with Gasteiger partial charge in [0.2, 0.25) is 0 Å². The summed E-state index contributed by atoms with van der Waals surface area (Å²) >= 11 is 0. The average molecular weight is 481 g/mol. The molecule has 0 N–H and O–H groups in total. The molecule has 0 bridgehead atoms. The van der Waals surface area contributed by atoms with E-state index in [9.17, 15) is 0 Å². The Morgan fingerprint density at radius 2 is 1.26 bits per heavy atom. The van der Waals surface area contributed by atoms with E-state index in [1.807, 2.05) is 0 Å². The Balaban J connectivity index is 1.64. The maximum absolute atomic E-state index is 7.11. The lowest BCUT2D eigenvalue weighted by molar-refractivity contribution is 0.166. The number of fused-ring (bicyclic) bond motifs is 1. The molecule has 5 atom stereocenters. The van der Waals surface area contributed by atoms with E-state index >= 15 is 0 Å². The number of benzene rings is 2. The summed E-state index contributed by atoms with van der Waals surface area (Å²) in [5.41, 5.74) is 2.82. The van der Waals surface area contributed by atoms with Crippen molar-refractivity contribution in [1.29, 1.82) is 0 Å². The molecule has 1 saturated heterocycles. The van der Waals surface area contributed by atoms with Crippen LogP contribution in [0.4, 0.5) is 0 Å². The van der Waals surface area contributed by atoms with Crippen LogP contribution in [0.3, 0.4) is 0 Å². The van der Waals surface area contributed by atoms with Crippen LogP contribution in [-0.4, -0.2) is 27.5 Å². The van der Waals surface area contributed by atoms with E-state index in [4.69, 9.17) is 4.52 Å². The van der Waals surface area contributed by atoms with Gasteiger partial charge in [0.05, 0.1) is 6.10 Å². The number of nitrogens with zero attached hydrogens (tertiary/aromatic N) is 2. The molecule has 1 aliphatic carbocycles. The van der Waals surface area contributed by atoms with Crippen LogP contribution >= 0.6 is 8.45 Å². The Morgan fingerprint density at radius 3 is 1.74 bits per heavy atom. The van der Waals surface area contributed by atoms with Gasteiger partial charge in [0.15, 0.2) is 8.45 Å². The molecule has 3 nitrogen and oxygen atoms in total. The Kier molecular flexibility index (Phi) is 9.60. The third kappa shape index (κ3) is 5.93. The third-order valence-electron chi connectivity index (χ3n) is 7.86. The fourth-order valence-corrected chi connectivity index (χ4v) is 8.69. The van der Waals surface area contributed by atoms with E-state index in [1.165, 1.54) is 62.5 Å². The molecule has 4 rings (SSSR count). The van der Waals surface area contributed by atoms with Gasteiger partial charge in [-0.15, -0.1) is 0 Å². The van der Waals surface area contributed by atoms with Crippen molar-refractivity contribution < 1.29 is 4.52 Å². The molecule has 186 valence electrons. The van der Waals surface area contributed by atoms with Crippen LogP contribution in [0.1, 0.15) is 109 Å². The highest BCUT2D eigenvalue weighted by Crippen LogP contribution is 2.64. The van der Waals surface area contributed by atoms with E-state index in [0.717, 1.165) is 6.42 Å². The zero-order chi connectivity index (χ0) is 23.9. The van der Waals surface area contributed by atoms with Crippen LogP contribution in [0.15, 0.2) is 60.7 Å². The SMILES string of the molecule is CCCCCCC(C)OP1N([C@@H](C)c2ccccc2)[C@H]2CCCC[C@@H]2N1[C@@H](C)c1ccccc1. The first-order valence-electron chi connectivity index (χ1n) is 13.7. The summed E-state index contributed by atoms with van der Waals surface area (Å²) in [5, 5.41) is 0. The first kappa shape index (κ1) is 25.8. The van der Waals surface area contributed by atoms with Gasteiger partial charge in [-0.25, -0.2) is 9.34 Å². The normalized spacial score (nSPS) is 24.6. The van der Waals surface area contributed by atoms with Gasteiger partial charge in [-0.3, -0.25) is 0 Å². The van der Waals surface area contributed by atoms with Gasteiger partial charge in [0, 0.05) is 24.2 Å². The van der Waals surface area contributed by atoms with Gasteiger partial charge in [0.1, 0.15) is 0 Å². The molecule has 0 aromatic heterocycles. The van der Waals surface area contributed by atoms with E-state index in [-0.39, 0.29) is 0 Å². The van der Waals surface area contributed by atoms with Gasteiger partial charge < -0.3 is 4.52 Å². The van der Waals surface area contributed by atoms with Crippen molar-refractivity contribution in [2.24, 2.45) is 0 Å².